The molecule has 2 aromatic carbocycles. The van der Waals surface area contributed by atoms with Gasteiger partial charge in [0.1, 0.15) is 30.8 Å². The maximum atomic E-state index is 12.4. The molecule has 154 valence electrons. The molecular formula is C21H21N5O4. The fourth-order valence-corrected chi connectivity index (χ4v) is 3.14. The molecule has 9 nitrogen and oxygen atoms in total. The minimum atomic E-state index is -0.326. The molecule has 0 aliphatic carbocycles. The van der Waals surface area contributed by atoms with Crippen LogP contribution in [0.2, 0.25) is 0 Å². The van der Waals surface area contributed by atoms with E-state index in [0.29, 0.717) is 18.1 Å². The number of aromatic nitrogens is 4. The zero-order valence-electron chi connectivity index (χ0n) is 16.6. The summed E-state index contributed by atoms with van der Waals surface area (Å²) in [7, 11) is 1.64. The predicted molar refractivity (Wildman–Crippen MR) is 108 cm³/mol. The van der Waals surface area contributed by atoms with Crippen molar-refractivity contribution in [3.05, 3.63) is 66.6 Å². The van der Waals surface area contributed by atoms with Gasteiger partial charge < -0.3 is 19.3 Å². The van der Waals surface area contributed by atoms with E-state index in [-0.39, 0.29) is 24.2 Å². The molecule has 2 heterocycles. The van der Waals surface area contributed by atoms with Crippen molar-refractivity contribution >= 4 is 16.7 Å². The van der Waals surface area contributed by atoms with E-state index < -0.39 is 0 Å². The number of fused-ring (bicyclic) bond motifs is 1. The molecule has 1 N–H and O–H groups in total. The smallest absolute Gasteiger partial charge is 0.273 e. The van der Waals surface area contributed by atoms with Crippen molar-refractivity contribution in [1.82, 2.24) is 25.2 Å². The average Bonchev–Trinajstić information content (AvgIpc) is 3.44. The minimum absolute atomic E-state index is 0.144. The normalized spacial score (nSPS) is 11.9. The van der Waals surface area contributed by atoms with E-state index in [1.165, 1.54) is 6.33 Å². The third-order valence-electron chi connectivity index (χ3n) is 4.53. The number of methoxy groups -OCH3 is 1. The first-order valence-electron chi connectivity index (χ1n) is 9.41. The summed E-state index contributed by atoms with van der Waals surface area (Å²) in [6.07, 6.45) is 3.04. The molecule has 0 aliphatic rings. The number of hydrogen-bond acceptors (Lipinski definition) is 7. The van der Waals surface area contributed by atoms with Crippen LogP contribution in [-0.4, -0.2) is 39.0 Å². The maximum absolute atomic E-state index is 12.4. The second-order valence-corrected chi connectivity index (χ2v) is 6.77. The number of nitrogens with zero attached hydrogens (tertiary/aromatic N) is 4. The molecule has 0 bridgehead atoms. The predicted octanol–water partition coefficient (Wildman–Crippen LogP) is 2.83. The quantitative estimate of drug-likeness (QED) is 0.479. The molecule has 9 heteroatoms. The van der Waals surface area contributed by atoms with E-state index in [0.717, 1.165) is 16.5 Å². The maximum Gasteiger partial charge on any atom is 0.273 e. The van der Waals surface area contributed by atoms with E-state index in [1.54, 1.807) is 24.2 Å². The Morgan fingerprint density at radius 1 is 1.20 bits per heavy atom. The van der Waals surface area contributed by atoms with Crippen molar-refractivity contribution in [3.63, 3.8) is 0 Å². The first-order chi connectivity index (χ1) is 14.6. The molecule has 30 heavy (non-hydrogen) atoms. The monoisotopic (exact) mass is 407 g/mol. The van der Waals surface area contributed by atoms with Crippen LogP contribution in [0.1, 0.15) is 23.2 Å². The minimum Gasteiger partial charge on any atom is -0.496 e. The van der Waals surface area contributed by atoms with Crippen molar-refractivity contribution in [3.8, 4) is 11.5 Å². The van der Waals surface area contributed by atoms with E-state index in [2.05, 4.69) is 20.6 Å². The van der Waals surface area contributed by atoms with Crippen molar-refractivity contribution in [2.45, 2.75) is 26.1 Å². The molecule has 0 radical (unpaired) electrons. The van der Waals surface area contributed by atoms with Gasteiger partial charge >= 0.3 is 0 Å². The van der Waals surface area contributed by atoms with Crippen LogP contribution in [0.4, 0.5) is 0 Å². The fourth-order valence-electron chi connectivity index (χ4n) is 3.14. The van der Waals surface area contributed by atoms with Gasteiger partial charge in [-0.3, -0.25) is 9.48 Å². The van der Waals surface area contributed by atoms with E-state index >= 15 is 0 Å². The summed E-state index contributed by atoms with van der Waals surface area (Å²) in [6.45, 7) is 2.52. The summed E-state index contributed by atoms with van der Waals surface area (Å²) in [5.74, 6) is 1.59. The van der Waals surface area contributed by atoms with Crippen LogP contribution in [0.25, 0.3) is 10.8 Å². The van der Waals surface area contributed by atoms with Crippen molar-refractivity contribution < 1.29 is 18.8 Å². The third kappa shape index (κ3) is 4.24. The van der Waals surface area contributed by atoms with Crippen LogP contribution in [0.5, 0.6) is 11.5 Å². The lowest BCUT2D eigenvalue weighted by Crippen LogP contribution is -2.36. The molecule has 0 saturated carbocycles. The number of amides is 1. The van der Waals surface area contributed by atoms with E-state index in [1.807, 2.05) is 43.3 Å². The van der Waals surface area contributed by atoms with Crippen LogP contribution >= 0.6 is 0 Å². The molecule has 0 saturated heterocycles. The van der Waals surface area contributed by atoms with Gasteiger partial charge in [-0.25, -0.2) is 4.98 Å². The van der Waals surface area contributed by atoms with Gasteiger partial charge in [-0.05, 0) is 19.1 Å². The number of benzene rings is 2. The van der Waals surface area contributed by atoms with Crippen LogP contribution in [0.15, 0.2) is 59.6 Å². The largest absolute Gasteiger partial charge is 0.496 e. The highest BCUT2D eigenvalue weighted by Gasteiger charge is 2.16. The Hall–Kier alpha value is -3.88. The zero-order chi connectivity index (χ0) is 20.9. The van der Waals surface area contributed by atoms with Gasteiger partial charge in [0.15, 0.2) is 11.5 Å². The highest BCUT2D eigenvalue weighted by atomic mass is 16.5. The third-order valence-corrected chi connectivity index (χ3v) is 4.53. The molecule has 0 unspecified atom stereocenters. The average molecular weight is 407 g/mol. The number of carbonyl (C=O) groups is 1. The van der Waals surface area contributed by atoms with Gasteiger partial charge in [0.2, 0.25) is 0 Å². The van der Waals surface area contributed by atoms with Crippen molar-refractivity contribution in [1.29, 1.82) is 0 Å². The van der Waals surface area contributed by atoms with Crippen molar-refractivity contribution in [2.24, 2.45) is 0 Å². The van der Waals surface area contributed by atoms with E-state index in [4.69, 9.17) is 14.0 Å². The summed E-state index contributed by atoms with van der Waals surface area (Å²) in [6, 6.07) is 12.9. The Kier molecular flexibility index (Phi) is 5.60. The highest BCUT2D eigenvalue weighted by molar-refractivity contribution is 5.93. The Morgan fingerprint density at radius 2 is 1.97 bits per heavy atom. The Morgan fingerprint density at radius 3 is 2.70 bits per heavy atom. The van der Waals surface area contributed by atoms with Gasteiger partial charge in [0.25, 0.3) is 5.91 Å². The standard InChI is InChI=1S/C21H21N5O4/c1-14(10-26-13-22-12-23-26)24-21(27)18-9-15(30-25-18)11-29-20-8-7-19(28-2)16-5-3-4-6-17(16)20/h3-9,12-14H,10-11H2,1-2H3,(H,24,27)/t14-/m1/s1. The first-order valence-corrected chi connectivity index (χ1v) is 9.41. The van der Waals surface area contributed by atoms with Gasteiger partial charge in [-0.2, -0.15) is 5.10 Å². The SMILES string of the molecule is COc1ccc(OCc2cc(C(=O)N[C@H](C)Cn3cncn3)no2)c2ccccc12. The lowest BCUT2D eigenvalue weighted by Gasteiger charge is -2.12. The molecular weight excluding hydrogens is 386 g/mol. The van der Waals surface area contributed by atoms with E-state index in [9.17, 15) is 4.79 Å². The molecule has 4 rings (SSSR count). The molecule has 4 aromatic rings. The summed E-state index contributed by atoms with van der Waals surface area (Å²) in [5, 5.41) is 12.6. The summed E-state index contributed by atoms with van der Waals surface area (Å²) in [5.41, 5.74) is 0.193. The molecule has 1 amide bonds. The summed E-state index contributed by atoms with van der Waals surface area (Å²) in [4.78, 5) is 16.3. The van der Waals surface area contributed by atoms with Gasteiger partial charge in [-0.1, -0.05) is 29.4 Å². The Balaban J connectivity index is 1.39. The highest BCUT2D eigenvalue weighted by Crippen LogP contribution is 2.33. The van der Waals surface area contributed by atoms with Gasteiger partial charge in [0, 0.05) is 22.9 Å². The number of carbonyl (C=O) groups excluding carboxylic acids is 1. The summed E-state index contributed by atoms with van der Waals surface area (Å²) >= 11 is 0. The lowest BCUT2D eigenvalue weighted by molar-refractivity contribution is 0.0926. The summed E-state index contributed by atoms with van der Waals surface area (Å²) < 4.78 is 18.2. The number of hydrogen-bond donors (Lipinski definition) is 1. The van der Waals surface area contributed by atoms with Crippen LogP contribution in [0, 0.1) is 0 Å². The molecule has 2 aromatic heterocycles. The molecule has 0 fully saturated rings. The van der Waals surface area contributed by atoms with Gasteiger partial charge in [-0.15, -0.1) is 0 Å². The second kappa shape index (κ2) is 8.64. The van der Waals surface area contributed by atoms with Crippen LogP contribution < -0.4 is 14.8 Å². The first kappa shape index (κ1) is 19.4. The van der Waals surface area contributed by atoms with Crippen LogP contribution in [0.3, 0.4) is 0 Å². The van der Waals surface area contributed by atoms with Gasteiger partial charge in [0.05, 0.1) is 13.7 Å². The van der Waals surface area contributed by atoms with Crippen LogP contribution in [-0.2, 0) is 13.2 Å². The molecule has 0 spiro atoms. The Bertz CT molecular complexity index is 1140. The fraction of sp³-hybridized carbons (Fsp3) is 0.238. The number of nitrogens with one attached hydrogen (secondary N) is 1. The number of rotatable bonds is 8. The lowest BCUT2D eigenvalue weighted by atomic mass is 10.1. The topological polar surface area (TPSA) is 104 Å². The van der Waals surface area contributed by atoms with Crippen molar-refractivity contribution in [2.75, 3.05) is 7.11 Å². The molecule has 0 aliphatic heterocycles. The zero-order valence-corrected chi connectivity index (χ0v) is 16.6. The number of ether oxygens (including phenoxy) is 2. The second-order valence-electron chi connectivity index (χ2n) is 6.77. The Labute approximate surface area is 172 Å². The molecule has 1 atom stereocenters.